The Morgan fingerprint density at radius 3 is 2.61 bits per heavy atom. The number of carbonyl (C=O) groups excluding carboxylic acids is 1. The maximum atomic E-state index is 14.5. The number of nitrogens with one attached hydrogen (secondary N) is 1. The second kappa shape index (κ2) is 9.44. The largest absolute Gasteiger partial charge is 0.490 e. The smallest absolute Gasteiger partial charge is 0.255 e. The van der Waals surface area contributed by atoms with Gasteiger partial charge in [-0.05, 0) is 56.5 Å². The van der Waals surface area contributed by atoms with Gasteiger partial charge in [0, 0.05) is 18.7 Å². The average Bonchev–Trinajstić information content (AvgIpc) is 3.23. The Morgan fingerprint density at radius 2 is 1.89 bits per heavy atom. The molecule has 28 heavy (non-hydrogen) atoms. The van der Waals surface area contributed by atoms with Crippen molar-refractivity contribution in [1.29, 1.82) is 0 Å². The summed E-state index contributed by atoms with van der Waals surface area (Å²) in [7, 11) is 0. The van der Waals surface area contributed by atoms with E-state index in [0.717, 1.165) is 38.0 Å². The summed E-state index contributed by atoms with van der Waals surface area (Å²) < 4.78 is 25.8. The molecule has 0 unspecified atom stereocenters. The van der Waals surface area contributed by atoms with Gasteiger partial charge in [-0.3, -0.25) is 4.79 Å². The van der Waals surface area contributed by atoms with Crippen LogP contribution in [0.15, 0.2) is 36.4 Å². The highest BCUT2D eigenvalue weighted by Crippen LogP contribution is 2.33. The molecule has 0 radical (unpaired) electrons. The van der Waals surface area contributed by atoms with Gasteiger partial charge >= 0.3 is 0 Å². The van der Waals surface area contributed by atoms with Gasteiger partial charge < -0.3 is 19.7 Å². The predicted octanol–water partition coefficient (Wildman–Crippen LogP) is 4.87. The van der Waals surface area contributed by atoms with E-state index in [2.05, 4.69) is 10.2 Å². The molecule has 1 fully saturated rings. The van der Waals surface area contributed by atoms with Crippen LogP contribution in [0.1, 0.15) is 43.5 Å². The summed E-state index contributed by atoms with van der Waals surface area (Å²) in [6.07, 6.45) is 3.02. The first-order chi connectivity index (χ1) is 13.6. The van der Waals surface area contributed by atoms with Crippen LogP contribution >= 0.6 is 0 Å². The van der Waals surface area contributed by atoms with Crippen LogP contribution in [0, 0.1) is 5.82 Å². The Morgan fingerprint density at radius 1 is 1.11 bits per heavy atom. The molecular formula is C22H27FN2O3. The van der Waals surface area contributed by atoms with E-state index >= 15 is 0 Å². The van der Waals surface area contributed by atoms with Crippen LogP contribution in [0.3, 0.4) is 0 Å². The number of para-hydroxylation sites is 1. The average molecular weight is 386 g/mol. The SMILES string of the molecule is CCCOc1ccc(C(=O)Nc2c(F)cccc2N2CCCC2)cc1OCC. The van der Waals surface area contributed by atoms with E-state index in [0.29, 0.717) is 30.3 Å². The highest BCUT2D eigenvalue weighted by atomic mass is 19.1. The second-order valence-electron chi connectivity index (χ2n) is 6.73. The molecule has 3 rings (SSSR count). The molecule has 2 aromatic rings. The van der Waals surface area contributed by atoms with Crippen molar-refractivity contribution < 1.29 is 18.7 Å². The minimum atomic E-state index is -0.439. The van der Waals surface area contributed by atoms with Crippen molar-refractivity contribution in [2.24, 2.45) is 0 Å². The second-order valence-corrected chi connectivity index (χ2v) is 6.73. The Bertz CT molecular complexity index is 819. The maximum absolute atomic E-state index is 14.5. The first kappa shape index (κ1) is 20.0. The van der Waals surface area contributed by atoms with Crippen LogP contribution in [0.4, 0.5) is 15.8 Å². The van der Waals surface area contributed by atoms with Crippen LogP contribution in [0.2, 0.25) is 0 Å². The fourth-order valence-corrected chi connectivity index (χ4v) is 3.29. The number of anilines is 2. The topological polar surface area (TPSA) is 50.8 Å². The number of hydrogen-bond donors (Lipinski definition) is 1. The quantitative estimate of drug-likeness (QED) is 0.704. The molecule has 2 aromatic carbocycles. The van der Waals surface area contributed by atoms with Gasteiger partial charge in [-0.25, -0.2) is 4.39 Å². The van der Waals surface area contributed by atoms with Gasteiger partial charge in [-0.15, -0.1) is 0 Å². The predicted molar refractivity (Wildman–Crippen MR) is 109 cm³/mol. The zero-order valence-corrected chi connectivity index (χ0v) is 16.5. The molecule has 1 saturated heterocycles. The summed E-state index contributed by atoms with van der Waals surface area (Å²) in [5.41, 5.74) is 1.33. The van der Waals surface area contributed by atoms with E-state index in [1.807, 2.05) is 19.9 Å². The third-order valence-corrected chi connectivity index (χ3v) is 4.64. The minimum Gasteiger partial charge on any atom is -0.490 e. The lowest BCUT2D eigenvalue weighted by Gasteiger charge is -2.22. The number of ether oxygens (including phenoxy) is 2. The van der Waals surface area contributed by atoms with E-state index in [9.17, 15) is 9.18 Å². The van der Waals surface area contributed by atoms with Gasteiger partial charge in [-0.2, -0.15) is 0 Å². The van der Waals surface area contributed by atoms with Gasteiger partial charge in [0.25, 0.3) is 5.91 Å². The summed E-state index contributed by atoms with van der Waals surface area (Å²) in [5, 5.41) is 2.75. The van der Waals surface area contributed by atoms with Crippen molar-refractivity contribution in [3.63, 3.8) is 0 Å². The van der Waals surface area contributed by atoms with Gasteiger partial charge in [-0.1, -0.05) is 13.0 Å². The lowest BCUT2D eigenvalue weighted by molar-refractivity contribution is 0.102. The fraction of sp³-hybridized carbons (Fsp3) is 0.409. The summed E-state index contributed by atoms with van der Waals surface area (Å²) in [6.45, 7) is 6.65. The number of rotatable bonds is 8. The van der Waals surface area contributed by atoms with Crippen LogP contribution < -0.4 is 19.7 Å². The third kappa shape index (κ3) is 4.55. The maximum Gasteiger partial charge on any atom is 0.255 e. The molecule has 5 nitrogen and oxygen atoms in total. The number of nitrogens with zero attached hydrogens (tertiary/aromatic N) is 1. The Hall–Kier alpha value is -2.76. The first-order valence-corrected chi connectivity index (χ1v) is 9.88. The standard InChI is InChI=1S/C22H27FN2O3/c1-3-14-28-19-11-10-16(15-20(19)27-4-2)22(26)24-21-17(23)8-7-9-18(21)25-12-5-6-13-25/h7-11,15H,3-6,12-14H2,1-2H3,(H,24,26). The number of hydrogen-bond acceptors (Lipinski definition) is 4. The van der Waals surface area contributed by atoms with E-state index in [4.69, 9.17) is 9.47 Å². The molecule has 1 amide bonds. The van der Waals surface area contributed by atoms with Crippen molar-refractivity contribution in [1.82, 2.24) is 0 Å². The molecule has 1 aliphatic heterocycles. The van der Waals surface area contributed by atoms with Crippen molar-refractivity contribution >= 4 is 17.3 Å². The van der Waals surface area contributed by atoms with Gasteiger partial charge in [0.15, 0.2) is 11.5 Å². The van der Waals surface area contributed by atoms with Crippen LogP contribution in [0.5, 0.6) is 11.5 Å². The fourth-order valence-electron chi connectivity index (χ4n) is 3.29. The molecule has 1 N–H and O–H groups in total. The van der Waals surface area contributed by atoms with E-state index < -0.39 is 5.82 Å². The summed E-state index contributed by atoms with van der Waals surface area (Å²) >= 11 is 0. The van der Waals surface area contributed by atoms with E-state index in [1.165, 1.54) is 6.07 Å². The number of carbonyl (C=O) groups is 1. The highest BCUT2D eigenvalue weighted by Gasteiger charge is 2.20. The zero-order valence-electron chi connectivity index (χ0n) is 16.5. The Kier molecular flexibility index (Phi) is 6.74. The summed E-state index contributed by atoms with van der Waals surface area (Å²) in [4.78, 5) is 14.9. The van der Waals surface area contributed by atoms with Crippen LogP contribution in [0.25, 0.3) is 0 Å². The lowest BCUT2D eigenvalue weighted by atomic mass is 10.1. The van der Waals surface area contributed by atoms with Gasteiger partial charge in [0.2, 0.25) is 0 Å². The van der Waals surface area contributed by atoms with E-state index in [1.54, 1.807) is 24.3 Å². The first-order valence-electron chi connectivity index (χ1n) is 9.88. The molecule has 0 spiro atoms. The molecule has 1 aliphatic rings. The highest BCUT2D eigenvalue weighted by molar-refractivity contribution is 6.06. The number of halogens is 1. The molecule has 150 valence electrons. The summed E-state index contributed by atoms with van der Waals surface area (Å²) in [5.74, 6) is 0.292. The van der Waals surface area contributed by atoms with Crippen LogP contribution in [-0.4, -0.2) is 32.2 Å². The summed E-state index contributed by atoms with van der Waals surface area (Å²) in [6, 6.07) is 9.91. The molecule has 1 heterocycles. The number of benzene rings is 2. The monoisotopic (exact) mass is 386 g/mol. The van der Waals surface area contributed by atoms with E-state index in [-0.39, 0.29) is 11.6 Å². The van der Waals surface area contributed by atoms with Crippen molar-refractivity contribution in [2.45, 2.75) is 33.1 Å². The molecule has 0 bridgehead atoms. The zero-order chi connectivity index (χ0) is 19.9. The molecule has 0 aliphatic carbocycles. The molecule has 0 atom stereocenters. The molecular weight excluding hydrogens is 359 g/mol. The van der Waals surface area contributed by atoms with Crippen LogP contribution in [-0.2, 0) is 0 Å². The molecule has 0 saturated carbocycles. The van der Waals surface area contributed by atoms with Gasteiger partial charge in [0.05, 0.1) is 18.9 Å². The van der Waals surface area contributed by atoms with Crippen molar-refractivity contribution in [3.05, 3.63) is 47.8 Å². The van der Waals surface area contributed by atoms with Crippen molar-refractivity contribution in [2.75, 3.05) is 36.5 Å². The molecule has 6 heteroatoms. The Labute approximate surface area is 165 Å². The Balaban J connectivity index is 1.84. The minimum absolute atomic E-state index is 0.221. The molecule has 0 aromatic heterocycles. The normalized spacial score (nSPS) is 13.5. The van der Waals surface area contributed by atoms with Gasteiger partial charge in [0.1, 0.15) is 11.5 Å². The lowest BCUT2D eigenvalue weighted by Crippen LogP contribution is -2.22. The third-order valence-electron chi connectivity index (χ3n) is 4.64. The number of amides is 1. The van der Waals surface area contributed by atoms with Crippen molar-refractivity contribution in [3.8, 4) is 11.5 Å².